The van der Waals surface area contributed by atoms with Gasteiger partial charge in [0.15, 0.2) is 5.11 Å². The largest absolute Gasteiger partial charge is 0.497 e. The molecule has 0 aliphatic carbocycles. The van der Waals surface area contributed by atoms with Crippen molar-refractivity contribution in [2.45, 2.75) is 0 Å². The molecule has 0 aliphatic heterocycles. The maximum Gasteiger partial charge on any atom is 0.175 e. The Hall–Kier alpha value is -1.79. The standard InChI is InChI=1S/C15H15BrN2O2S/c1-19-12-6-7-14(20-2)13(9-12)18-15(21)17-11-5-3-4-10(16)8-11/h3-9H,1-2H3,(H2,17,18,21). The Labute approximate surface area is 137 Å². The van der Waals surface area contributed by atoms with Crippen molar-refractivity contribution in [3.8, 4) is 11.5 Å². The number of nitrogens with one attached hydrogen (secondary N) is 2. The number of hydrogen-bond acceptors (Lipinski definition) is 3. The molecular formula is C15H15BrN2O2S. The first kappa shape index (κ1) is 15.6. The van der Waals surface area contributed by atoms with Gasteiger partial charge in [-0.1, -0.05) is 22.0 Å². The molecule has 0 saturated heterocycles. The average molecular weight is 367 g/mol. The predicted octanol–water partition coefficient (Wildman–Crippen LogP) is 4.28. The van der Waals surface area contributed by atoms with Crippen LogP contribution >= 0.6 is 28.1 Å². The van der Waals surface area contributed by atoms with Gasteiger partial charge < -0.3 is 20.1 Å². The van der Waals surface area contributed by atoms with Gasteiger partial charge in [0.1, 0.15) is 11.5 Å². The molecule has 0 radical (unpaired) electrons. The van der Waals surface area contributed by atoms with Gasteiger partial charge in [0.05, 0.1) is 19.9 Å². The lowest BCUT2D eigenvalue weighted by Crippen LogP contribution is -2.19. The third-order valence-corrected chi connectivity index (χ3v) is 3.43. The van der Waals surface area contributed by atoms with Crippen LogP contribution in [0.2, 0.25) is 0 Å². The number of thiocarbonyl (C=S) groups is 1. The van der Waals surface area contributed by atoms with E-state index < -0.39 is 0 Å². The Bertz CT molecular complexity index is 649. The molecule has 0 spiro atoms. The van der Waals surface area contributed by atoms with Crippen molar-refractivity contribution >= 4 is 44.6 Å². The zero-order valence-electron chi connectivity index (χ0n) is 11.6. The van der Waals surface area contributed by atoms with E-state index in [2.05, 4.69) is 26.6 Å². The van der Waals surface area contributed by atoms with Crippen molar-refractivity contribution in [1.29, 1.82) is 0 Å². The van der Waals surface area contributed by atoms with E-state index in [1.807, 2.05) is 42.5 Å². The van der Waals surface area contributed by atoms with E-state index in [4.69, 9.17) is 21.7 Å². The molecule has 2 N–H and O–H groups in total. The fourth-order valence-corrected chi connectivity index (χ4v) is 2.39. The van der Waals surface area contributed by atoms with E-state index >= 15 is 0 Å². The van der Waals surface area contributed by atoms with E-state index in [1.165, 1.54) is 0 Å². The lowest BCUT2D eigenvalue weighted by Gasteiger charge is -2.14. The van der Waals surface area contributed by atoms with Crippen molar-refractivity contribution in [1.82, 2.24) is 0 Å². The van der Waals surface area contributed by atoms with Crippen molar-refractivity contribution < 1.29 is 9.47 Å². The quantitative estimate of drug-likeness (QED) is 0.790. The van der Waals surface area contributed by atoms with E-state index in [9.17, 15) is 0 Å². The van der Waals surface area contributed by atoms with Crippen LogP contribution in [0.3, 0.4) is 0 Å². The Balaban J connectivity index is 2.12. The lowest BCUT2D eigenvalue weighted by atomic mass is 10.2. The van der Waals surface area contributed by atoms with Gasteiger partial charge in [-0.05, 0) is 42.5 Å². The highest BCUT2D eigenvalue weighted by atomic mass is 79.9. The normalized spacial score (nSPS) is 9.86. The molecule has 6 heteroatoms. The molecule has 21 heavy (non-hydrogen) atoms. The number of halogens is 1. The molecule has 2 aromatic carbocycles. The van der Waals surface area contributed by atoms with Crippen LogP contribution in [0.5, 0.6) is 11.5 Å². The van der Waals surface area contributed by atoms with Crippen LogP contribution in [-0.2, 0) is 0 Å². The van der Waals surface area contributed by atoms with Crippen LogP contribution < -0.4 is 20.1 Å². The molecule has 0 amide bonds. The Morgan fingerprint density at radius 2 is 1.86 bits per heavy atom. The second kappa shape index (κ2) is 7.28. The minimum absolute atomic E-state index is 0.472. The van der Waals surface area contributed by atoms with Gasteiger partial charge in [-0.15, -0.1) is 0 Å². The molecular weight excluding hydrogens is 352 g/mol. The van der Waals surface area contributed by atoms with Gasteiger partial charge in [-0.2, -0.15) is 0 Å². The second-order valence-electron chi connectivity index (χ2n) is 4.16. The number of methoxy groups -OCH3 is 2. The van der Waals surface area contributed by atoms with Gasteiger partial charge in [-0.25, -0.2) is 0 Å². The summed E-state index contributed by atoms with van der Waals surface area (Å²) in [4.78, 5) is 0. The third-order valence-electron chi connectivity index (χ3n) is 2.74. The maximum absolute atomic E-state index is 5.31. The van der Waals surface area contributed by atoms with Gasteiger partial charge in [0.2, 0.25) is 0 Å². The highest BCUT2D eigenvalue weighted by Gasteiger charge is 2.07. The van der Waals surface area contributed by atoms with Gasteiger partial charge >= 0.3 is 0 Å². The molecule has 110 valence electrons. The van der Waals surface area contributed by atoms with E-state index in [0.29, 0.717) is 10.9 Å². The summed E-state index contributed by atoms with van der Waals surface area (Å²) in [5.74, 6) is 1.41. The van der Waals surface area contributed by atoms with Crippen molar-refractivity contribution in [3.63, 3.8) is 0 Å². The highest BCUT2D eigenvalue weighted by Crippen LogP contribution is 2.29. The molecule has 0 heterocycles. The highest BCUT2D eigenvalue weighted by molar-refractivity contribution is 9.10. The van der Waals surface area contributed by atoms with Crippen molar-refractivity contribution in [2.24, 2.45) is 0 Å². The van der Waals surface area contributed by atoms with Crippen LogP contribution in [0.4, 0.5) is 11.4 Å². The number of rotatable bonds is 4. The van der Waals surface area contributed by atoms with Gasteiger partial charge in [0, 0.05) is 16.2 Å². The summed E-state index contributed by atoms with van der Waals surface area (Å²) >= 11 is 8.73. The van der Waals surface area contributed by atoms with Gasteiger partial charge in [0.25, 0.3) is 0 Å². The lowest BCUT2D eigenvalue weighted by molar-refractivity contribution is 0.405. The first-order valence-corrected chi connectivity index (χ1v) is 7.38. The van der Waals surface area contributed by atoms with Crippen LogP contribution in [0.15, 0.2) is 46.9 Å². The number of hydrogen-bond donors (Lipinski definition) is 2. The number of anilines is 2. The first-order valence-electron chi connectivity index (χ1n) is 6.18. The monoisotopic (exact) mass is 366 g/mol. The molecule has 0 unspecified atom stereocenters. The van der Waals surface area contributed by atoms with Crippen LogP contribution in [0, 0.1) is 0 Å². The van der Waals surface area contributed by atoms with Crippen LogP contribution in [-0.4, -0.2) is 19.3 Å². The minimum atomic E-state index is 0.472. The molecule has 2 rings (SSSR count). The molecule has 0 aliphatic rings. The summed E-state index contributed by atoms with van der Waals surface area (Å²) in [7, 11) is 3.22. The Morgan fingerprint density at radius 3 is 2.52 bits per heavy atom. The average Bonchev–Trinajstić information content (AvgIpc) is 2.47. The van der Waals surface area contributed by atoms with E-state index in [0.717, 1.165) is 21.6 Å². The van der Waals surface area contributed by atoms with Crippen LogP contribution in [0.25, 0.3) is 0 Å². The zero-order valence-corrected chi connectivity index (χ0v) is 14.0. The molecule has 0 bridgehead atoms. The number of ether oxygens (including phenoxy) is 2. The first-order chi connectivity index (χ1) is 10.1. The number of benzene rings is 2. The minimum Gasteiger partial charge on any atom is -0.497 e. The van der Waals surface area contributed by atoms with Crippen LogP contribution in [0.1, 0.15) is 0 Å². The topological polar surface area (TPSA) is 42.5 Å². The SMILES string of the molecule is COc1ccc(OC)c(NC(=S)Nc2cccc(Br)c2)c1. The Kier molecular flexibility index (Phi) is 5.41. The summed E-state index contributed by atoms with van der Waals surface area (Å²) in [5.41, 5.74) is 1.63. The zero-order chi connectivity index (χ0) is 15.2. The Morgan fingerprint density at radius 1 is 1.05 bits per heavy atom. The fraction of sp³-hybridized carbons (Fsp3) is 0.133. The molecule has 2 aromatic rings. The predicted molar refractivity (Wildman–Crippen MR) is 93.5 cm³/mol. The van der Waals surface area contributed by atoms with Crippen molar-refractivity contribution in [2.75, 3.05) is 24.9 Å². The molecule has 4 nitrogen and oxygen atoms in total. The van der Waals surface area contributed by atoms with E-state index in [1.54, 1.807) is 14.2 Å². The molecule has 0 fully saturated rings. The summed E-state index contributed by atoms with van der Waals surface area (Å²) in [6.07, 6.45) is 0. The summed E-state index contributed by atoms with van der Waals surface area (Å²) < 4.78 is 11.5. The summed E-state index contributed by atoms with van der Waals surface area (Å²) in [5, 5.41) is 6.69. The van der Waals surface area contributed by atoms with Crippen molar-refractivity contribution in [3.05, 3.63) is 46.9 Å². The summed E-state index contributed by atoms with van der Waals surface area (Å²) in [6.45, 7) is 0. The molecule has 0 aromatic heterocycles. The molecule has 0 atom stereocenters. The summed E-state index contributed by atoms with van der Waals surface area (Å²) in [6, 6.07) is 13.2. The van der Waals surface area contributed by atoms with Gasteiger partial charge in [-0.3, -0.25) is 0 Å². The molecule has 0 saturated carbocycles. The fourth-order valence-electron chi connectivity index (χ4n) is 1.76. The smallest absolute Gasteiger partial charge is 0.175 e. The third kappa shape index (κ3) is 4.34. The maximum atomic E-state index is 5.31. The van der Waals surface area contributed by atoms with E-state index in [-0.39, 0.29) is 0 Å². The second-order valence-corrected chi connectivity index (χ2v) is 5.48.